The highest BCUT2D eigenvalue weighted by molar-refractivity contribution is 7.80. The number of nitrogens with one attached hydrogen (secondary N) is 1. The van der Waals surface area contributed by atoms with Crippen LogP contribution in [0.4, 0.5) is 5.00 Å². The summed E-state index contributed by atoms with van der Waals surface area (Å²) in [6.07, 6.45) is 3.54. The highest BCUT2D eigenvalue weighted by atomic mass is 32.1. The zero-order valence-corrected chi connectivity index (χ0v) is 16.8. The van der Waals surface area contributed by atoms with E-state index in [-0.39, 0.29) is 5.97 Å². The zero-order valence-electron chi connectivity index (χ0n) is 15.2. The van der Waals surface area contributed by atoms with Gasteiger partial charge in [-0.15, -0.1) is 11.3 Å². The summed E-state index contributed by atoms with van der Waals surface area (Å²) in [5.41, 5.74) is 1.62. The SMILES string of the molecule is CCOC(=O)c1cc(-c2ccccc2)sc1NC(=S)N1CCCC[C@@H]1C. The van der Waals surface area contributed by atoms with E-state index < -0.39 is 0 Å². The van der Waals surface area contributed by atoms with Crippen LogP contribution in [-0.2, 0) is 4.74 Å². The Hall–Kier alpha value is -1.92. The molecule has 1 saturated heterocycles. The van der Waals surface area contributed by atoms with Crippen LogP contribution in [-0.4, -0.2) is 35.2 Å². The van der Waals surface area contributed by atoms with Gasteiger partial charge < -0.3 is 15.0 Å². The second kappa shape index (κ2) is 8.64. The number of esters is 1. The van der Waals surface area contributed by atoms with Crippen molar-refractivity contribution < 1.29 is 9.53 Å². The van der Waals surface area contributed by atoms with Crippen molar-refractivity contribution in [3.05, 3.63) is 42.0 Å². The summed E-state index contributed by atoms with van der Waals surface area (Å²) in [7, 11) is 0. The van der Waals surface area contributed by atoms with E-state index in [4.69, 9.17) is 17.0 Å². The quantitative estimate of drug-likeness (QED) is 0.578. The van der Waals surface area contributed by atoms with Gasteiger partial charge in [-0.3, -0.25) is 0 Å². The maximum absolute atomic E-state index is 12.4. The Kier molecular flexibility index (Phi) is 6.27. The molecule has 3 rings (SSSR count). The van der Waals surface area contributed by atoms with Crippen molar-refractivity contribution in [1.82, 2.24) is 4.90 Å². The number of nitrogens with zero attached hydrogens (tertiary/aromatic N) is 1. The minimum absolute atomic E-state index is 0.317. The Balaban J connectivity index is 1.87. The Morgan fingerprint density at radius 2 is 2.12 bits per heavy atom. The summed E-state index contributed by atoms with van der Waals surface area (Å²) < 4.78 is 5.24. The first-order valence-electron chi connectivity index (χ1n) is 9.04. The van der Waals surface area contributed by atoms with Gasteiger partial charge in [0.2, 0.25) is 0 Å². The molecule has 1 aromatic carbocycles. The van der Waals surface area contributed by atoms with E-state index in [1.54, 1.807) is 0 Å². The lowest BCUT2D eigenvalue weighted by Crippen LogP contribution is -2.44. The number of likely N-dealkylation sites (tertiary alicyclic amines) is 1. The van der Waals surface area contributed by atoms with Crippen LogP contribution in [0.5, 0.6) is 0 Å². The number of hydrogen-bond donors (Lipinski definition) is 1. The van der Waals surface area contributed by atoms with Crippen LogP contribution < -0.4 is 5.32 Å². The zero-order chi connectivity index (χ0) is 18.5. The minimum Gasteiger partial charge on any atom is -0.462 e. The molecular formula is C20H24N2O2S2. The molecule has 1 fully saturated rings. The number of piperidine rings is 1. The predicted molar refractivity (Wildman–Crippen MR) is 112 cm³/mol. The van der Waals surface area contributed by atoms with Crippen molar-refractivity contribution in [2.75, 3.05) is 18.5 Å². The molecule has 0 amide bonds. The smallest absolute Gasteiger partial charge is 0.341 e. The fourth-order valence-corrected chi connectivity index (χ4v) is 4.65. The molecule has 0 unspecified atom stereocenters. The van der Waals surface area contributed by atoms with Crippen LogP contribution in [0.1, 0.15) is 43.5 Å². The van der Waals surface area contributed by atoms with Gasteiger partial charge in [0, 0.05) is 17.5 Å². The Labute approximate surface area is 164 Å². The van der Waals surface area contributed by atoms with E-state index in [1.807, 2.05) is 43.3 Å². The molecule has 0 bridgehead atoms. The number of hydrogen-bond acceptors (Lipinski definition) is 4. The number of benzene rings is 1. The van der Waals surface area contributed by atoms with Crippen LogP contribution in [0.15, 0.2) is 36.4 Å². The van der Waals surface area contributed by atoms with Crippen molar-refractivity contribution in [2.24, 2.45) is 0 Å². The Morgan fingerprint density at radius 1 is 1.35 bits per heavy atom. The molecule has 0 aliphatic carbocycles. The van der Waals surface area contributed by atoms with Crippen molar-refractivity contribution in [1.29, 1.82) is 0 Å². The van der Waals surface area contributed by atoms with Gasteiger partial charge in [-0.25, -0.2) is 4.79 Å². The second-order valence-corrected chi connectivity index (χ2v) is 7.85. The molecule has 1 aliphatic heterocycles. The summed E-state index contributed by atoms with van der Waals surface area (Å²) in [5.74, 6) is -0.317. The first-order valence-corrected chi connectivity index (χ1v) is 10.3. The fraction of sp³-hybridized carbons (Fsp3) is 0.400. The molecule has 2 aromatic rings. The summed E-state index contributed by atoms with van der Waals surface area (Å²) in [5, 5.41) is 4.75. The predicted octanol–water partition coefficient (Wildman–Crippen LogP) is 5.16. The van der Waals surface area contributed by atoms with Gasteiger partial charge in [0.1, 0.15) is 5.00 Å². The van der Waals surface area contributed by atoms with E-state index in [0.29, 0.717) is 23.3 Å². The largest absolute Gasteiger partial charge is 0.462 e. The van der Waals surface area contributed by atoms with Gasteiger partial charge in [0.05, 0.1) is 12.2 Å². The molecule has 138 valence electrons. The van der Waals surface area contributed by atoms with Crippen LogP contribution in [0.3, 0.4) is 0 Å². The molecule has 6 heteroatoms. The Bertz CT molecular complexity index is 773. The molecular weight excluding hydrogens is 364 g/mol. The molecule has 1 aromatic heterocycles. The van der Waals surface area contributed by atoms with Gasteiger partial charge in [-0.2, -0.15) is 0 Å². The van der Waals surface area contributed by atoms with Crippen LogP contribution in [0, 0.1) is 0 Å². The fourth-order valence-electron chi connectivity index (χ4n) is 3.16. The first kappa shape index (κ1) is 18.9. The highest BCUT2D eigenvalue weighted by Gasteiger charge is 2.24. The van der Waals surface area contributed by atoms with Crippen molar-refractivity contribution in [2.45, 2.75) is 39.2 Å². The van der Waals surface area contributed by atoms with Gasteiger partial charge in [0.15, 0.2) is 5.11 Å². The number of carbonyl (C=O) groups is 1. The van der Waals surface area contributed by atoms with Gasteiger partial charge in [-0.05, 0) is 57.0 Å². The van der Waals surface area contributed by atoms with Crippen LogP contribution in [0.2, 0.25) is 0 Å². The average molecular weight is 389 g/mol. The molecule has 0 saturated carbocycles. The minimum atomic E-state index is -0.317. The Morgan fingerprint density at radius 3 is 2.81 bits per heavy atom. The summed E-state index contributed by atoms with van der Waals surface area (Å²) >= 11 is 7.17. The van der Waals surface area contributed by atoms with Gasteiger partial charge in [0.25, 0.3) is 0 Å². The van der Waals surface area contributed by atoms with Crippen LogP contribution >= 0.6 is 23.6 Å². The third-order valence-electron chi connectivity index (χ3n) is 4.57. The number of carbonyl (C=O) groups excluding carboxylic acids is 1. The molecule has 2 heterocycles. The van der Waals surface area contributed by atoms with E-state index >= 15 is 0 Å². The first-order chi connectivity index (χ1) is 12.6. The molecule has 26 heavy (non-hydrogen) atoms. The lowest BCUT2D eigenvalue weighted by molar-refractivity contribution is 0.0528. The molecule has 1 aliphatic rings. The molecule has 4 nitrogen and oxygen atoms in total. The van der Waals surface area contributed by atoms with E-state index in [1.165, 1.54) is 17.8 Å². The number of anilines is 1. The molecule has 0 spiro atoms. The number of thiocarbonyl (C=S) groups is 1. The van der Waals surface area contributed by atoms with Crippen LogP contribution in [0.25, 0.3) is 10.4 Å². The van der Waals surface area contributed by atoms with Crippen molar-refractivity contribution >= 4 is 39.6 Å². The number of thiophene rings is 1. The van der Waals surface area contributed by atoms with Crippen molar-refractivity contribution in [3.8, 4) is 10.4 Å². The lowest BCUT2D eigenvalue weighted by Gasteiger charge is -2.35. The lowest BCUT2D eigenvalue weighted by atomic mass is 10.0. The second-order valence-electron chi connectivity index (χ2n) is 6.41. The topological polar surface area (TPSA) is 41.6 Å². The maximum atomic E-state index is 12.4. The monoisotopic (exact) mass is 388 g/mol. The summed E-state index contributed by atoms with van der Waals surface area (Å²) in [6, 6.07) is 12.4. The normalized spacial score (nSPS) is 17.0. The maximum Gasteiger partial charge on any atom is 0.341 e. The van der Waals surface area contributed by atoms with E-state index in [0.717, 1.165) is 34.8 Å². The molecule has 1 N–H and O–H groups in total. The van der Waals surface area contributed by atoms with Crippen molar-refractivity contribution in [3.63, 3.8) is 0 Å². The van der Waals surface area contributed by atoms with Gasteiger partial charge in [-0.1, -0.05) is 30.3 Å². The van der Waals surface area contributed by atoms with E-state index in [9.17, 15) is 4.79 Å². The van der Waals surface area contributed by atoms with E-state index in [2.05, 4.69) is 17.1 Å². The standard InChI is InChI=1S/C20H24N2O2S2/c1-3-24-19(23)16-13-17(15-10-5-4-6-11-15)26-18(16)21-20(25)22-12-8-7-9-14(22)2/h4-6,10-11,13-14H,3,7-9,12H2,1-2H3,(H,21,25)/t14-/m0/s1. The third-order valence-corrected chi connectivity index (χ3v) is 6.01. The highest BCUT2D eigenvalue weighted by Crippen LogP contribution is 2.36. The summed E-state index contributed by atoms with van der Waals surface area (Å²) in [6.45, 7) is 5.32. The number of ether oxygens (including phenoxy) is 1. The average Bonchev–Trinajstić information content (AvgIpc) is 3.07. The van der Waals surface area contributed by atoms with Gasteiger partial charge >= 0.3 is 5.97 Å². The molecule has 1 atom stereocenters. The third kappa shape index (κ3) is 4.24. The summed E-state index contributed by atoms with van der Waals surface area (Å²) in [4.78, 5) is 15.7. The molecule has 0 radical (unpaired) electrons. The number of rotatable bonds is 4.